The molecule has 0 saturated heterocycles. The van der Waals surface area contributed by atoms with Gasteiger partial charge in [-0.2, -0.15) is 0 Å². The molecule has 1 heterocycles. The molecule has 1 aromatic heterocycles. The van der Waals surface area contributed by atoms with Gasteiger partial charge < -0.3 is 10.4 Å². The van der Waals surface area contributed by atoms with Crippen molar-refractivity contribution < 1.29 is 14.7 Å². The lowest BCUT2D eigenvalue weighted by molar-refractivity contribution is -0.139. The second-order valence-electron chi connectivity index (χ2n) is 5.41. The highest BCUT2D eigenvalue weighted by Gasteiger charge is 2.22. The second kappa shape index (κ2) is 7.98. The highest BCUT2D eigenvalue weighted by atomic mass is 35.5. The van der Waals surface area contributed by atoms with Gasteiger partial charge in [0, 0.05) is 11.3 Å². The zero-order chi connectivity index (χ0) is 16.0. The van der Waals surface area contributed by atoms with E-state index in [1.165, 1.54) is 6.07 Å². The fourth-order valence-electron chi connectivity index (χ4n) is 2.00. The van der Waals surface area contributed by atoms with Crippen molar-refractivity contribution in [3.8, 4) is 0 Å². The molecule has 0 aliphatic heterocycles. The first kappa shape index (κ1) is 17.4. The van der Waals surface area contributed by atoms with Gasteiger partial charge in [-0.25, -0.2) is 9.78 Å². The number of rotatable bonds is 7. The first-order valence-electron chi connectivity index (χ1n) is 7.03. The first-order chi connectivity index (χ1) is 9.83. The molecule has 1 aromatic rings. The van der Waals surface area contributed by atoms with Crippen LogP contribution in [0, 0.1) is 5.92 Å². The minimum absolute atomic E-state index is 0.170. The summed E-state index contributed by atoms with van der Waals surface area (Å²) in [4.78, 5) is 27.5. The Balaban J connectivity index is 2.89. The number of nitrogens with one attached hydrogen (secondary N) is 1. The normalized spacial score (nSPS) is 12.2. The molecule has 1 atom stereocenters. The number of carboxylic acid groups (broad SMARTS) is 1. The molecule has 0 spiro atoms. The standard InChI is InChI=1S/C15H21ClN2O3/c1-4-5-11-7-10(8-13(16)17-11)14(19)18-12(15(20)21)6-9(2)3/h7-9,12H,4-6H2,1-3H3,(H,18,19)(H,20,21). The van der Waals surface area contributed by atoms with Crippen molar-refractivity contribution in [2.75, 3.05) is 0 Å². The summed E-state index contributed by atoms with van der Waals surface area (Å²) in [6.07, 6.45) is 1.98. The quantitative estimate of drug-likeness (QED) is 0.759. The molecule has 0 radical (unpaired) electrons. The number of amides is 1. The molecular formula is C15H21ClN2O3. The number of carboxylic acids is 1. The minimum atomic E-state index is -1.04. The van der Waals surface area contributed by atoms with Crippen molar-refractivity contribution in [2.24, 2.45) is 5.92 Å². The number of hydrogen-bond acceptors (Lipinski definition) is 3. The summed E-state index contributed by atoms with van der Waals surface area (Å²) < 4.78 is 0. The largest absolute Gasteiger partial charge is 0.480 e. The van der Waals surface area contributed by atoms with Gasteiger partial charge in [-0.05, 0) is 30.9 Å². The molecular weight excluding hydrogens is 292 g/mol. The molecule has 0 aromatic carbocycles. The van der Waals surface area contributed by atoms with Crippen molar-refractivity contribution in [1.82, 2.24) is 10.3 Å². The number of nitrogens with zero attached hydrogens (tertiary/aromatic N) is 1. The third-order valence-corrected chi connectivity index (χ3v) is 3.12. The van der Waals surface area contributed by atoms with Gasteiger partial charge in [0.15, 0.2) is 0 Å². The lowest BCUT2D eigenvalue weighted by Gasteiger charge is -2.16. The van der Waals surface area contributed by atoms with Gasteiger partial charge >= 0.3 is 5.97 Å². The van der Waals surface area contributed by atoms with Crippen LogP contribution in [0.15, 0.2) is 12.1 Å². The average Bonchev–Trinajstić information content (AvgIpc) is 2.36. The molecule has 0 aliphatic rings. The third kappa shape index (κ3) is 5.71. The third-order valence-electron chi connectivity index (χ3n) is 2.93. The van der Waals surface area contributed by atoms with Crippen LogP contribution in [0.25, 0.3) is 0 Å². The number of aromatic nitrogens is 1. The number of aryl methyl sites for hydroxylation is 1. The fraction of sp³-hybridized carbons (Fsp3) is 0.533. The van der Waals surface area contributed by atoms with E-state index in [2.05, 4.69) is 10.3 Å². The Morgan fingerprint density at radius 3 is 2.57 bits per heavy atom. The van der Waals surface area contributed by atoms with E-state index in [0.717, 1.165) is 18.5 Å². The van der Waals surface area contributed by atoms with Crippen LogP contribution in [0.2, 0.25) is 5.15 Å². The topological polar surface area (TPSA) is 79.3 Å². The summed E-state index contributed by atoms with van der Waals surface area (Å²) in [5, 5.41) is 11.9. The fourth-order valence-corrected chi connectivity index (χ4v) is 2.23. The Kier molecular flexibility index (Phi) is 6.62. The molecule has 0 fully saturated rings. The first-order valence-corrected chi connectivity index (χ1v) is 7.41. The Hall–Kier alpha value is -1.62. The maximum atomic E-state index is 12.2. The number of carbonyl (C=O) groups is 2. The zero-order valence-corrected chi connectivity index (χ0v) is 13.3. The van der Waals surface area contributed by atoms with Gasteiger partial charge in [-0.1, -0.05) is 38.8 Å². The van der Waals surface area contributed by atoms with Crippen LogP contribution < -0.4 is 5.32 Å². The van der Waals surface area contributed by atoms with Crippen LogP contribution in [-0.4, -0.2) is 28.0 Å². The summed E-state index contributed by atoms with van der Waals surface area (Å²) in [5.41, 5.74) is 1.07. The van der Waals surface area contributed by atoms with Gasteiger partial charge in [0.25, 0.3) is 5.91 Å². The van der Waals surface area contributed by atoms with Gasteiger partial charge in [-0.3, -0.25) is 4.79 Å². The van der Waals surface area contributed by atoms with Crippen LogP contribution in [0.5, 0.6) is 0 Å². The smallest absolute Gasteiger partial charge is 0.326 e. The van der Waals surface area contributed by atoms with Gasteiger partial charge in [0.05, 0.1) is 0 Å². The summed E-state index contributed by atoms with van der Waals surface area (Å²) >= 11 is 5.91. The number of pyridine rings is 1. The Bertz CT molecular complexity index is 518. The summed E-state index contributed by atoms with van der Waals surface area (Å²) in [6, 6.07) is 2.20. The maximum absolute atomic E-state index is 12.2. The van der Waals surface area contributed by atoms with Crippen molar-refractivity contribution in [3.63, 3.8) is 0 Å². The molecule has 116 valence electrons. The minimum Gasteiger partial charge on any atom is -0.480 e. The SMILES string of the molecule is CCCc1cc(C(=O)NC(CC(C)C)C(=O)O)cc(Cl)n1. The highest BCUT2D eigenvalue weighted by molar-refractivity contribution is 6.29. The van der Waals surface area contributed by atoms with Crippen LogP contribution in [0.1, 0.15) is 49.7 Å². The molecule has 1 rings (SSSR count). The Labute approximate surface area is 129 Å². The van der Waals surface area contributed by atoms with Gasteiger partial charge in [0.2, 0.25) is 0 Å². The van der Waals surface area contributed by atoms with Gasteiger partial charge in [0.1, 0.15) is 11.2 Å². The Morgan fingerprint density at radius 1 is 1.38 bits per heavy atom. The van der Waals surface area contributed by atoms with Crippen LogP contribution in [-0.2, 0) is 11.2 Å². The molecule has 0 bridgehead atoms. The van der Waals surface area contributed by atoms with E-state index in [-0.39, 0.29) is 11.1 Å². The van der Waals surface area contributed by atoms with Crippen molar-refractivity contribution in [1.29, 1.82) is 0 Å². The van der Waals surface area contributed by atoms with E-state index in [4.69, 9.17) is 16.7 Å². The molecule has 5 nitrogen and oxygen atoms in total. The van der Waals surface area contributed by atoms with E-state index in [0.29, 0.717) is 12.0 Å². The molecule has 21 heavy (non-hydrogen) atoms. The second-order valence-corrected chi connectivity index (χ2v) is 5.80. The zero-order valence-electron chi connectivity index (χ0n) is 12.5. The predicted octanol–water partition coefficient (Wildman–Crippen LogP) is 2.92. The number of halogens is 1. The van der Waals surface area contributed by atoms with Crippen LogP contribution in [0.3, 0.4) is 0 Å². The molecule has 0 saturated carbocycles. The van der Waals surface area contributed by atoms with E-state index >= 15 is 0 Å². The summed E-state index contributed by atoms with van der Waals surface area (Å²) in [6.45, 7) is 5.82. The number of hydrogen-bond donors (Lipinski definition) is 2. The maximum Gasteiger partial charge on any atom is 0.326 e. The van der Waals surface area contributed by atoms with Gasteiger partial charge in [-0.15, -0.1) is 0 Å². The lowest BCUT2D eigenvalue weighted by Crippen LogP contribution is -2.41. The van der Waals surface area contributed by atoms with E-state index in [1.54, 1.807) is 6.07 Å². The molecule has 2 N–H and O–H groups in total. The van der Waals surface area contributed by atoms with E-state index in [9.17, 15) is 9.59 Å². The summed E-state index contributed by atoms with van der Waals surface area (Å²) in [5.74, 6) is -1.31. The summed E-state index contributed by atoms with van der Waals surface area (Å²) in [7, 11) is 0. The van der Waals surface area contributed by atoms with Crippen LogP contribution in [0.4, 0.5) is 0 Å². The highest BCUT2D eigenvalue weighted by Crippen LogP contribution is 2.13. The van der Waals surface area contributed by atoms with Crippen molar-refractivity contribution >= 4 is 23.5 Å². The van der Waals surface area contributed by atoms with Crippen LogP contribution >= 0.6 is 11.6 Å². The molecule has 6 heteroatoms. The van der Waals surface area contributed by atoms with Crippen molar-refractivity contribution in [2.45, 2.75) is 46.1 Å². The number of aliphatic carboxylic acids is 1. The molecule has 0 aliphatic carbocycles. The molecule has 1 unspecified atom stereocenters. The Morgan fingerprint density at radius 2 is 2.05 bits per heavy atom. The monoisotopic (exact) mass is 312 g/mol. The average molecular weight is 313 g/mol. The predicted molar refractivity (Wildman–Crippen MR) is 81.6 cm³/mol. The number of carbonyl (C=O) groups excluding carboxylic acids is 1. The van der Waals surface area contributed by atoms with E-state index < -0.39 is 17.9 Å². The molecule has 1 amide bonds. The lowest BCUT2D eigenvalue weighted by atomic mass is 10.0. The van der Waals surface area contributed by atoms with Crippen molar-refractivity contribution in [3.05, 3.63) is 28.5 Å². The van der Waals surface area contributed by atoms with E-state index in [1.807, 2.05) is 20.8 Å².